The fourth-order valence-electron chi connectivity index (χ4n) is 0.191. The minimum absolute atomic E-state index is 0.780. The van der Waals surface area contributed by atoms with Gasteiger partial charge in [-0.2, -0.15) is 0 Å². The molecule has 4 heteroatoms. The van der Waals surface area contributed by atoms with Gasteiger partial charge in [0.1, 0.15) is 0 Å². The van der Waals surface area contributed by atoms with Crippen LogP contribution in [0.4, 0.5) is 0 Å². The molecule has 0 aliphatic rings. The summed E-state index contributed by atoms with van der Waals surface area (Å²) in [7, 11) is 3.47. The summed E-state index contributed by atoms with van der Waals surface area (Å²) in [5.74, 6) is -0.812. The van der Waals surface area contributed by atoms with E-state index in [2.05, 4.69) is 0 Å². The van der Waals surface area contributed by atoms with Gasteiger partial charge in [0.25, 0.3) is 0 Å². The van der Waals surface area contributed by atoms with E-state index in [1.807, 2.05) is 22.6 Å². The standard InChI is InChI=1S/C5H10INO2/c1-5(6,4(8)9)7(2)3/h1-3H3,(H,8,9). The topological polar surface area (TPSA) is 40.5 Å². The van der Waals surface area contributed by atoms with E-state index in [1.165, 1.54) is 0 Å². The van der Waals surface area contributed by atoms with Crippen LogP contribution in [-0.4, -0.2) is 33.6 Å². The summed E-state index contributed by atoms with van der Waals surface area (Å²) in [6, 6.07) is 0. The Balaban J connectivity index is 4.19. The van der Waals surface area contributed by atoms with Gasteiger partial charge in [-0.1, -0.05) is 0 Å². The minimum Gasteiger partial charge on any atom is -0.479 e. The molecule has 0 aromatic rings. The number of carboxylic acids is 1. The third-order valence-corrected chi connectivity index (χ3v) is 2.66. The van der Waals surface area contributed by atoms with E-state index >= 15 is 0 Å². The first-order valence-electron chi connectivity index (χ1n) is 2.48. The molecule has 0 aliphatic heterocycles. The lowest BCUT2D eigenvalue weighted by Crippen LogP contribution is -2.42. The number of rotatable bonds is 2. The Labute approximate surface area is 68.2 Å². The van der Waals surface area contributed by atoms with E-state index in [1.54, 1.807) is 25.9 Å². The van der Waals surface area contributed by atoms with Crippen molar-refractivity contribution in [2.24, 2.45) is 0 Å². The van der Waals surface area contributed by atoms with Crippen molar-refractivity contribution >= 4 is 28.6 Å². The van der Waals surface area contributed by atoms with E-state index in [-0.39, 0.29) is 0 Å². The number of nitrogens with zero attached hydrogens (tertiary/aromatic N) is 1. The lowest BCUT2D eigenvalue weighted by molar-refractivity contribution is -0.142. The van der Waals surface area contributed by atoms with Crippen LogP contribution in [-0.2, 0) is 4.79 Å². The molecule has 0 heterocycles. The van der Waals surface area contributed by atoms with Crippen LogP contribution in [0.1, 0.15) is 6.92 Å². The first-order chi connectivity index (χ1) is 3.89. The molecule has 0 spiro atoms. The average molecular weight is 243 g/mol. The monoisotopic (exact) mass is 243 g/mol. The van der Waals surface area contributed by atoms with Crippen molar-refractivity contribution in [1.29, 1.82) is 0 Å². The molecule has 0 aliphatic carbocycles. The number of alkyl halides is 1. The van der Waals surface area contributed by atoms with Crippen molar-refractivity contribution in [1.82, 2.24) is 4.90 Å². The summed E-state index contributed by atoms with van der Waals surface area (Å²) in [6.07, 6.45) is 0. The maximum Gasteiger partial charge on any atom is 0.334 e. The second-order valence-electron chi connectivity index (χ2n) is 2.15. The van der Waals surface area contributed by atoms with Gasteiger partial charge in [-0.15, -0.1) is 0 Å². The van der Waals surface area contributed by atoms with Gasteiger partial charge in [-0.3, -0.25) is 4.90 Å². The van der Waals surface area contributed by atoms with Crippen LogP contribution in [0.5, 0.6) is 0 Å². The molecule has 0 fully saturated rings. The van der Waals surface area contributed by atoms with Gasteiger partial charge in [0, 0.05) is 0 Å². The summed E-state index contributed by atoms with van der Waals surface area (Å²) in [5.41, 5.74) is 0. The van der Waals surface area contributed by atoms with Crippen LogP contribution in [0, 0.1) is 0 Å². The third-order valence-electron chi connectivity index (χ3n) is 1.23. The molecule has 0 saturated heterocycles. The van der Waals surface area contributed by atoms with Crippen LogP contribution in [0.3, 0.4) is 0 Å². The largest absolute Gasteiger partial charge is 0.479 e. The normalized spacial score (nSPS) is 17.4. The van der Waals surface area contributed by atoms with Gasteiger partial charge in [0.15, 0.2) is 3.55 Å². The van der Waals surface area contributed by atoms with E-state index in [0.29, 0.717) is 0 Å². The predicted octanol–water partition coefficient (Wildman–Crippen LogP) is 0.784. The number of hydrogen-bond acceptors (Lipinski definition) is 2. The Morgan fingerprint density at radius 2 is 2.00 bits per heavy atom. The van der Waals surface area contributed by atoms with Crippen LogP contribution in [0.15, 0.2) is 0 Å². The van der Waals surface area contributed by atoms with Gasteiger partial charge in [0.05, 0.1) is 0 Å². The summed E-state index contributed by atoms with van der Waals surface area (Å²) in [6.45, 7) is 1.65. The van der Waals surface area contributed by atoms with E-state index in [0.717, 1.165) is 0 Å². The molecule has 0 radical (unpaired) electrons. The quantitative estimate of drug-likeness (QED) is 0.442. The van der Waals surface area contributed by atoms with Crippen molar-refractivity contribution < 1.29 is 9.90 Å². The SMILES string of the molecule is CN(C)C(C)(I)C(=O)O. The Morgan fingerprint density at radius 3 is 2.00 bits per heavy atom. The second-order valence-corrected chi connectivity index (χ2v) is 4.25. The van der Waals surface area contributed by atoms with Crippen molar-refractivity contribution in [3.05, 3.63) is 0 Å². The van der Waals surface area contributed by atoms with Gasteiger partial charge < -0.3 is 5.11 Å². The molecule has 0 aromatic heterocycles. The number of hydrogen-bond donors (Lipinski definition) is 1. The molecule has 0 aromatic carbocycles. The van der Waals surface area contributed by atoms with Crippen LogP contribution in [0.25, 0.3) is 0 Å². The van der Waals surface area contributed by atoms with Crippen LogP contribution >= 0.6 is 22.6 Å². The van der Waals surface area contributed by atoms with Gasteiger partial charge in [-0.25, -0.2) is 4.79 Å². The number of carbonyl (C=O) groups is 1. The molecular weight excluding hydrogens is 233 g/mol. The lowest BCUT2D eigenvalue weighted by atomic mass is 10.3. The van der Waals surface area contributed by atoms with Crippen molar-refractivity contribution in [2.75, 3.05) is 14.1 Å². The number of halogens is 1. The van der Waals surface area contributed by atoms with Gasteiger partial charge >= 0.3 is 5.97 Å². The van der Waals surface area contributed by atoms with E-state index in [9.17, 15) is 4.79 Å². The molecular formula is C5H10INO2. The highest BCUT2D eigenvalue weighted by Gasteiger charge is 2.31. The highest BCUT2D eigenvalue weighted by Crippen LogP contribution is 2.19. The molecule has 54 valence electrons. The fourth-order valence-corrected chi connectivity index (χ4v) is 0.191. The first-order valence-corrected chi connectivity index (χ1v) is 3.56. The molecule has 0 saturated carbocycles. The van der Waals surface area contributed by atoms with Crippen molar-refractivity contribution in [3.63, 3.8) is 0 Å². The first kappa shape index (κ1) is 9.16. The number of likely N-dealkylation sites (N-methyl/N-ethyl adjacent to an activating group) is 1. The van der Waals surface area contributed by atoms with Crippen molar-refractivity contribution in [3.8, 4) is 0 Å². The zero-order valence-corrected chi connectivity index (χ0v) is 7.84. The molecule has 0 amide bonds. The zero-order chi connectivity index (χ0) is 7.65. The fraction of sp³-hybridized carbons (Fsp3) is 0.800. The Kier molecular flexibility index (Phi) is 2.88. The molecule has 3 nitrogen and oxygen atoms in total. The highest BCUT2D eigenvalue weighted by molar-refractivity contribution is 14.1. The summed E-state index contributed by atoms with van der Waals surface area (Å²) in [4.78, 5) is 12.1. The Bertz CT molecular complexity index is 122. The predicted molar refractivity (Wildman–Crippen MR) is 43.7 cm³/mol. The average Bonchev–Trinajstić information content (AvgIpc) is 1.65. The van der Waals surface area contributed by atoms with Crippen LogP contribution in [0.2, 0.25) is 0 Å². The summed E-state index contributed by atoms with van der Waals surface area (Å²) in [5, 5.41) is 8.56. The number of aliphatic carboxylic acids is 1. The van der Waals surface area contributed by atoms with E-state index < -0.39 is 9.51 Å². The molecule has 9 heavy (non-hydrogen) atoms. The van der Waals surface area contributed by atoms with Gasteiger partial charge in [-0.05, 0) is 43.6 Å². The molecule has 1 atom stereocenters. The lowest BCUT2D eigenvalue weighted by Gasteiger charge is -2.24. The second kappa shape index (κ2) is 2.83. The van der Waals surface area contributed by atoms with Gasteiger partial charge in [0.2, 0.25) is 0 Å². The molecule has 0 bridgehead atoms. The summed E-state index contributed by atoms with van der Waals surface area (Å²) < 4.78 is -0.780. The highest BCUT2D eigenvalue weighted by atomic mass is 127. The summed E-state index contributed by atoms with van der Waals surface area (Å²) >= 11 is 1.88. The van der Waals surface area contributed by atoms with Crippen LogP contribution < -0.4 is 0 Å². The van der Waals surface area contributed by atoms with E-state index in [4.69, 9.17) is 5.11 Å². The molecule has 1 unspecified atom stereocenters. The maximum absolute atomic E-state index is 10.4. The molecule has 1 N–H and O–H groups in total. The maximum atomic E-state index is 10.4. The Morgan fingerprint density at radius 1 is 1.67 bits per heavy atom. The Hall–Kier alpha value is 0.160. The van der Waals surface area contributed by atoms with Crippen molar-refractivity contribution in [2.45, 2.75) is 10.5 Å². The number of carboxylic acid groups (broad SMARTS) is 1. The smallest absolute Gasteiger partial charge is 0.334 e. The zero-order valence-electron chi connectivity index (χ0n) is 5.68. The molecule has 0 rings (SSSR count). The minimum atomic E-state index is -0.812. The third kappa shape index (κ3) is 2.09.